The van der Waals surface area contributed by atoms with Gasteiger partial charge in [-0.2, -0.15) is 0 Å². The van der Waals surface area contributed by atoms with Gasteiger partial charge in [-0.15, -0.1) is 0 Å². The van der Waals surface area contributed by atoms with Gasteiger partial charge in [0.25, 0.3) is 0 Å². The molecule has 1 unspecified atom stereocenters. The second-order valence-corrected chi connectivity index (χ2v) is 4.65. The fourth-order valence-electron chi connectivity index (χ4n) is 2.23. The van der Waals surface area contributed by atoms with Crippen LogP contribution in [-0.2, 0) is 11.2 Å². The molecule has 1 amide bonds. The normalized spacial score (nSPS) is 18.6. The molecule has 4 heteroatoms. The SMILES string of the molecule is COc1ccccc1CC(=O)NCC1CCNC1. The Bertz CT molecular complexity index is 401. The number of hydrogen-bond acceptors (Lipinski definition) is 3. The lowest BCUT2D eigenvalue weighted by molar-refractivity contribution is -0.120. The number of nitrogens with one attached hydrogen (secondary N) is 2. The van der Waals surface area contributed by atoms with Gasteiger partial charge in [-0.1, -0.05) is 18.2 Å². The van der Waals surface area contributed by atoms with E-state index in [1.165, 1.54) is 0 Å². The number of para-hydroxylation sites is 1. The van der Waals surface area contributed by atoms with E-state index < -0.39 is 0 Å². The quantitative estimate of drug-likeness (QED) is 0.816. The van der Waals surface area contributed by atoms with Gasteiger partial charge in [0.05, 0.1) is 13.5 Å². The second-order valence-electron chi connectivity index (χ2n) is 4.65. The van der Waals surface area contributed by atoms with Crippen molar-refractivity contribution in [3.05, 3.63) is 29.8 Å². The molecule has 0 bridgehead atoms. The summed E-state index contributed by atoms with van der Waals surface area (Å²) in [5.41, 5.74) is 0.932. The van der Waals surface area contributed by atoms with Gasteiger partial charge in [-0.3, -0.25) is 4.79 Å². The zero-order chi connectivity index (χ0) is 12.8. The van der Waals surface area contributed by atoms with E-state index in [0.29, 0.717) is 12.3 Å². The van der Waals surface area contributed by atoms with Crippen LogP contribution in [0, 0.1) is 5.92 Å². The molecule has 1 heterocycles. The van der Waals surface area contributed by atoms with Crippen molar-refractivity contribution in [3.8, 4) is 5.75 Å². The summed E-state index contributed by atoms with van der Waals surface area (Å²) in [7, 11) is 1.63. The van der Waals surface area contributed by atoms with Crippen LogP contribution in [0.1, 0.15) is 12.0 Å². The molecule has 1 aliphatic rings. The summed E-state index contributed by atoms with van der Waals surface area (Å²) in [5.74, 6) is 1.41. The van der Waals surface area contributed by atoms with Gasteiger partial charge < -0.3 is 15.4 Å². The maximum absolute atomic E-state index is 11.9. The molecule has 18 heavy (non-hydrogen) atoms. The van der Waals surface area contributed by atoms with Crippen molar-refractivity contribution in [2.45, 2.75) is 12.8 Å². The number of hydrogen-bond donors (Lipinski definition) is 2. The highest BCUT2D eigenvalue weighted by molar-refractivity contribution is 5.79. The molecule has 1 aromatic carbocycles. The van der Waals surface area contributed by atoms with Crippen LogP contribution in [-0.4, -0.2) is 32.7 Å². The van der Waals surface area contributed by atoms with Crippen molar-refractivity contribution in [2.24, 2.45) is 5.92 Å². The minimum atomic E-state index is 0.0615. The summed E-state index contributed by atoms with van der Waals surface area (Å²) in [5, 5.41) is 6.28. The van der Waals surface area contributed by atoms with Crippen LogP contribution in [0.2, 0.25) is 0 Å². The lowest BCUT2D eigenvalue weighted by Crippen LogP contribution is -2.31. The first-order valence-corrected chi connectivity index (χ1v) is 6.39. The Kier molecular flexibility index (Phi) is 4.59. The third-order valence-corrected chi connectivity index (χ3v) is 3.29. The minimum absolute atomic E-state index is 0.0615. The number of methoxy groups -OCH3 is 1. The van der Waals surface area contributed by atoms with Crippen LogP contribution in [0.3, 0.4) is 0 Å². The smallest absolute Gasteiger partial charge is 0.224 e. The molecule has 0 saturated carbocycles. The van der Waals surface area contributed by atoms with Gasteiger partial charge in [-0.25, -0.2) is 0 Å². The molecule has 1 aromatic rings. The first-order valence-electron chi connectivity index (χ1n) is 6.39. The van der Waals surface area contributed by atoms with Crippen molar-refractivity contribution in [3.63, 3.8) is 0 Å². The topological polar surface area (TPSA) is 50.4 Å². The Morgan fingerprint density at radius 1 is 1.50 bits per heavy atom. The highest BCUT2D eigenvalue weighted by Crippen LogP contribution is 2.17. The first kappa shape index (κ1) is 12.9. The Labute approximate surface area is 108 Å². The zero-order valence-electron chi connectivity index (χ0n) is 10.7. The summed E-state index contributed by atoms with van der Waals surface area (Å²) in [6, 6.07) is 7.63. The molecule has 2 rings (SSSR count). The van der Waals surface area contributed by atoms with E-state index in [2.05, 4.69) is 10.6 Å². The molecular formula is C14H20N2O2. The zero-order valence-corrected chi connectivity index (χ0v) is 10.7. The molecule has 0 aliphatic carbocycles. The summed E-state index contributed by atoms with van der Waals surface area (Å²) >= 11 is 0. The molecule has 0 aromatic heterocycles. The van der Waals surface area contributed by atoms with Crippen molar-refractivity contribution in [1.29, 1.82) is 0 Å². The monoisotopic (exact) mass is 248 g/mol. The van der Waals surface area contributed by atoms with E-state index in [1.54, 1.807) is 7.11 Å². The van der Waals surface area contributed by atoms with Crippen molar-refractivity contribution in [2.75, 3.05) is 26.7 Å². The largest absolute Gasteiger partial charge is 0.496 e. The van der Waals surface area contributed by atoms with Gasteiger partial charge in [0.1, 0.15) is 5.75 Å². The fourth-order valence-corrected chi connectivity index (χ4v) is 2.23. The highest BCUT2D eigenvalue weighted by Gasteiger charge is 2.15. The van der Waals surface area contributed by atoms with Gasteiger partial charge in [0.2, 0.25) is 5.91 Å². The van der Waals surface area contributed by atoms with Crippen LogP contribution in [0.15, 0.2) is 24.3 Å². The fraction of sp³-hybridized carbons (Fsp3) is 0.500. The van der Waals surface area contributed by atoms with Crippen LogP contribution in [0.25, 0.3) is 0 Å². The molecule has 98 valence electrons. The molecule has 1 atom stereocenters. The van der Waals surface area contributed by atoms with E-state index in [9.17, 15) is 4.79 Å². The Morgan fingerprint density at radius 3 is 3.06 bits per heavy atom. The third kappa shape index (κ3) is 3.47. The Balaban J connectivity index is 1.82. The molecule has 0 radical (unpaired) electrons. The number of carbonyl (C=O) groups excluding carboxylic acids is 1. The van der Waals surface area contributed by atoms with Gasteiger partial charge >= 0.3 is 0 Å². The second kappa shape index (κ2) is 6.40. The summed E-state index contributed by atoms with van der Waals surface area (Å²) in [4.78, 5) is 11.9. The van der Waals surface area contributed by atoms with Gasteiger partial charge in [-0.05, 0) is 31.5 Å². The van der Waals surface area contributed by atoms with E-state index >= 15 is 0 Å². The molecule has 2 N–H and O–H groups in total. The number of amides is 1. The van der Waals surface area contributed by atoms with Gasteiger partial charge in [0.15, 0.2) is 0 Å². The van der Waals surface area contributed by atoms with E-state index in [-0.39, 0.29) is 5.91 Å². The number of carbonyl (C=O) groups is 1. The minimum Gasteiger partial charge on any atom is -0.496 e. The van der Waals surface area contributed by atoms with Gasteiger partial charge in [0, 0.05) is 12.1 Å². The molecular weight excluding hydrogens is 228 g/mol. The van der Waals surface area contributed by atoms with Crippen LogP contribution in [0.4, 0.5) is 0 Å². The van der Waals surface area contributed by atoms with E-state index in [4.69, 9.17) is 4.74 Å². The summed E-state index contributed by atoms with van der Waals surface area (Å²) in [6.07, 6.45) is 1.53. The van der Waals surface area contributed by atoms with Crippen molar-refractivity contribution in [1.82, 2.24) is 10.6 Å². The van der Waals surface area contributed by atoms with Crippen LogP contribution in [0.5, 0.6) is 5.75 Å². The standard InChI is InChI=1S/C14H20N2O2/c1-18-13-5-3-2-4-12(13)8-14(17)16-10-11-6-7-15-9-11/h2-5,11,15H,6-10H2,1H3,(H,16,17). The van der Waals surface area contributed by atoms with E-state index in [0.717, 1.165) is 37.4 Å². The lowest BCUT2D eigenvalue weighted by atomic mass is 10.1. The first-order chi connectivity index (χ1) is 8.79. The van der Waals surface area contributed by atoms with Crippen molar-refractivity contribution >= 4 is 5.91 Å². The highest BCUT2D eigenvalue weighted by atomic mass is 16.5. The number of benzene rings is 1. The molecule has 1 saturated heterocycles. The average Bonchev–Trinajstić information content (AvgIpc) is 2.90. The van der Waals surface area contributed by atoms with Crippen LogP contribution < -0.4 is 15.4 Å². The van der Waals surface area contributed by atoms with E-state index in [1.807, 2.05) is 24.3 Å². The molecule has 0 spiro atoms. The molecule has 4 nitrogen and oxygen atoms in total. The molecule has 1 fully saturated rings. The number of ether oxygens (including phenoxy) is 1. The van der Waals surface area contributed by atoms with Crippen molar-refractivity contribution < 1.29 is 9.53 Å². The summed E-state index contributed by atoms with van der Waals surface area (Å²) in [6.45, 7) is 2.84. The average molecular weight is 248 g/mol. The Hall–Kier alpha value is -1.55. The third-order valence-electron chi connectivity index (χ3n) is 3.29. The Morgan fingerprint density at radius 2 is 2.33 bits per heavy atom. The maximum atomic E-state index is 11.9. The predicted molar refractivity (Wildman–Crippen MR) is 70.7 cm³/mol. The van der Waals surface area contributed by atoms with Crippen LogP contribution >= 0.6 is 0 Å². The molecule has 1 aliphatic heterocycles. The lowest BCUT2D eigenvalue weighted by Gasteiger charge is -2.11. The summed E-state index contributed by atoms with van der Waals surface area (Å²) < 4.78 is 5.23. The maximum Gasteiger partial charge on any atom is 0.224 e. The predicted octanol–water partition coefficient (Wildman–Crippen LogP) is 0.963. The number of rotatable bonds is 5.